The minimum Gasteiger partial charge on any atom is -0.242 e. The fourth-order valence-electron chi connectivity index (χ4n) is 2.10. The van der Waals surface area contributed by atoms with Gasteiger partial charge in [-0.1, -0.05) is 12.8 Å². The molecule has 3 nitrogen and oxygen atoms in total. The number of hydrogen-bond acceptors (Lipinski definition) is 2. The molecule has 0 aliphatic heterocycles. The second-order valence-electron chi connectivity index (χ2n) is 5.70. The number of nitrogens with one attached hydrogen (secondary N) is 1. The van der Waals surface area contributed by atoms with E-state index in [0.29, 0.717) is 0 Å². The predicted molar refractivity (Wildman–Crippen MR) is 67.0 cm³/mol. The molecule has 2 atom stereocenters. The molecule has 1 aliphatic rings. The van der Waals surface area contributed by atoms with E-state index in [1.165, 1.54) is 0 Å². The molecule has 0 spiro atoms. The lowest BCUT2D eigenvalue weighted by atomic mass is 9.81. The molecule has 0 unspecified atom stereocenters. The number of rotatable bonds is 3. The van der Waals surface area contributed by atoms with Crippen LogP contribution in [0.5, 0.6) is 0 Å². The van der Waals surface area contributed by atoms with Crippen molar-refractivity contribution in [1.29, 1.82) is 5.26 Å². The van der Waals surface area contributed by atoms with Gasteiger partial charge in [-0.25, -0.2) is 8.93 Å². The molecule has 1 saturated carbocycles. The Bertz CT molecular complexity index is 308. The van der Waals surface area contributed by atoms with E-state index in [2.05, 4.69) is 10.8 Å². The van der Waals surface area contributed by atoms with Gasteiger partial charge < -0.3 is 0 Å². The van der Waals surface area contributed by atoms with Gasteiger partial charge in [0, 0.05) is 6.04 Å². The largest absolute Gasteiger partial charge is 0.242 e. The van der Waals surface area contributed by atoms with E-state index < -0.39 is 11.0 Å². The van der Waals surface area contributed by atoms with Crippen molar-refractivity contribution in [3.05, 3.63) is 0 Å². The third kappa shape index (κ3) is 2.83. The molecule has 1 rings (SSSR count). The second-order valence-corrected chi connectivity index (χ2v) is 7.69. The highest BCUT2D eigenvalue weighted by atomic mass is 32.2. The predicted octanol–water partition coefficient (Wildman–Crippen LogP) is 2.51. The summed E-state index contributed by atoms with van der Waals surface area (Å²) in [7, 11) is -1.09. The molecule has 0 radical (unpaired) electrons. The van der Waals surface area contributed by atoms with Gasteiger partial charge in [0.1, 0.15) is 0 Å². The van der Waals surface area contributed by atoms with Crippen LogP contribution in [0, 0.1) is 16.7 Å². The highest BCUT2D eigenvalue weighted by Gasteiger charge is 2.40. The Labute approximate surface area is 101 Å². The molecule has 1 aliphatic carbocycles. The normalized spacial score (nSPS) is 23.7. The Kier molecular flexibility index (Phi) is 4.14. The lowest BCUT2D eigenvalue weighted by Crippen LogP contribution is -2.46. The lowest BCUT2D eigenvalue weighted by Gasteiger charge is -2.31. The summed E-state index contributed by atoms with van der Waals surface area (Å²) in [5.41, 5.74) is -0.305. The smallest absolute Gasteiger partial charge is 0.0973 e. The van der Waals surface area contributed by atoms with Crippen molar-refractivity contribution in [2.24, 2.45) is 5.41 Å². The van der Waals surface area contributed by atoms with Crippen molar-refractivity contribution in [3.63, 3.8) is 0 Å². The molecule has 0 aromatic carbocycles. The van der Waals surface area contributed by atoms with Crippen molar-refractivity contribution in [2.45, 2.75) is 64.2 Å². The summed E-state index contributed by atoms with van der Waals surface area (Å²) < 4.78 is 14.8. The van der Waals surface area contributed by atoms with E-state index in [1.54, 1.807) is 0 Å². The molecule has 0 aromatic heterocycles. The minimum atomic E-state index is -1.09. The van der Waals surface area contributed by atoms with Gasteiger partial charge in [0.15, 0.2) is 0 Å². The first-order valence-electron chi connectivity index (χ1n) is 5.91. The highest BCUT2D eigenvalue weighted by Crippen LogP contribution is 2.40. The zero-order valence-electron chi connectivity index (χ0n) is 10.7. The first-order valence-corrected chi connectivity index (χ1v) is 7.06. The first kappa shape index (κ1) is 13.7. The van der Waals surface area contributed by atoms with Crippen LogP contribution in [0.25, 0.3) is 0 Å². The van der Waals surface area contributed by atoms with Crippen molar-refractivity contribution in [1.82, 2.24) is 4.72 Å². The fraction of sp³-hybridized carbons (Fsp3) is 0.917. The SMILES string of the molecule is C[C@@H](N[S@](=O)C(C)(C)C)C1(C#N)CCCC1. The van der Waals surface area contributed by atoms with Crippen LogP contribution in [0.3, 0.4) is 0 Å². The van der Waals surface area contributed by atoms with E-state index >= 15 is 0 Å². The Balaban J connectivity index is 2.68. The molecule has 0 bridgehead atoms. The van der Waals surface area contributed by atoms with Crippen molar-refractivity contribution >= 4 is 11.0 Å². The average Bonchev–Trinajstić information content (AvgIpc) is 2.65. The summed E-state index contributed by atoms with van der Waals surface area (Å²) in [6.07, 6.45) is 4.08. The molecular weight excluding hydrogens is 220 g/mol. The van der Waals surface area contributed by atoms with Crippen LogP contribution in [-0.4, -0.2) is 15.0 Å². The van der Waals surface area contributed by atoms with Gasteiger partial charge in [-0.05, 0) is 40.5 Å². The Morgan fingerprint density at radius 1 is 1.38 bits per heavy atom. The molecule has 1 N–H and O–H groups in total. The number of nitrogens with zero attached hydrogens (tertiary/aromatic N) is 1. The van der Waals surface area contributed by atoms with Crippen molar-refractivity contribution in [3.8, 4) is 6.07 Å². The molecule has 0 heterocycles. The maximum atomic E-state index is 12.0. The standard InChI is InChI=1S/C12H22N2OS/c1-10(14-16(15)11(2,3)4)12(9-13)7-5-6-8-12/h10,14H,5-8H2,1-4H3/t10-,16-/m1/s1. The zero-order chi connectivity index (χ0) is 12.4. The summed E-state index contributed by atoms with van der Waals surface area (Å²) in [6.45, 7) is 7.81. The third-order valence-electron chi connectivity index (χ3n) is 3.39. The fourth-order valence-corrected chi connectivity index (χ4v) is 3.00. The first-order chi connectivity index (χ1) is 7.32. The summed E-state index contributed by atoms with van der Waals surface area (Å²) in [4.78, 5) is 0. The molecular formula is C12H22N2OS. The number of nitriles is 1. The quantitative estimate of drug-likeness (QED) is 0.826. The van der Waals surface area contributed by atoms with Gasteiger partial charge in [0.2, 0.25) is 0 Å². The summed E-state index contributed by atoms with van der Waals surface area (Å²) in [5.74, 6) is 0. The second kappa shape index (κ2) is 4.85. The van der Waals surface area contributed by atoms with Gasteiger partial charge in [-0.15, -0.1) is 0 Å². The Morgan fingerprint density at radius 2 is 1.88 bits per heavy atom. The van der Waals surface area contributed by atoms with Crippen LogP contribution >= 0.6 is 0 Å². The van der Waals surface area contributed by atoms with Crippen LogP contribution in [0.15, 0.2) is 0 Å². The average molecular weight is 242 g/mol. The van der Waals surface area contributed by atoms with Gasteiger partial charge in [0.05, 0.1) is 27.2 Å². The number of hydrogen-bond donors (Lipinski definition) is 1. The van der Waals surface area contributed by atoms with Crippen molar-refractivity contribution < 1.29 is 4.21 Å². The Hall–Kier alpha value is -0.400. The van der Waals surface area contributed by atoms with E-state index in [4.69, 9.17) is 0 Å². The zero-order valence-corrected chi connectivity index (χ0v) is 11.5. The van der Waals surface area contributed by atoms with E-state index in [9.17, 15) is 9.47 Å². The summed E-state index contributed by atoms with van der Waals surface area (Å²) >= 11 is 0. The van der Waals surface area contributed by atoms with E-state index in [1.807, 2.05) is 27.7 Å². The van der Waals surface area contributed by atoms with Crippen LogP contribution in [0.2, 0.25) is 0 Å². The molecule has 0 aromatic rings. The van der Waals surface area contributed by atoms with Crippen LogP contribution in [0.1, 0.15) is 53.4 Å². The highest BCUT2D eigenvalue weighted by molar-refractivity contribution is 7.84. The van der Waals surface area contributed by atoms with E-state index in [-0.39, 0.29) is 16.2 Å². The molecule has 0 saturated heterocycles. The van der Waals surface area contributed by atoms with Gasteiger partial charge in [0.25, 0.3) is 0 Å². The van der Waals surface area contributed by atoms with Crippen LogP contribution in [0.4, 0.5) is 0 Å². The minimum absolute atomic E-state index is 0.0000540. The van der Waals surface area contributed by atoms with Crippen LogP contribution < -0.4 is 4.72 Å². The maximum absolute atomic E-state index is 12.0. The maximum Gasteiger partial charge on any atom is 0.0973 e. The topological polar surface area (TPSA) is 52.9 Å². The third-order valence-corrected chi connectivity index (χ3v) is 5.07. The summed E-state index contributed by atoms with van der Waals surface area (Å²) in [5, 5.41) is 9.31. The van der Waals surface area contributed by atoms with Crippen LogP contribution in [-0.2, 0) is 11.0 Å². The molecule has 4 heteroatoms. The molecule has 0 amide bonds. The molecule has 1 fully saturated rings. The van der Waals surface area contributed by atoms with Crippen molar-refractivity contribution in [2.75, 3.05) is 0 Å². The molecule has 92 valence electrons. The van der Waals surface area contributed by atoms with E-state index in [0.717, 1.165) is 25.7 Å². The Morgan fingerprint density at radius 3 is 2.25 bits per heavy atom. The monoisotopic (exact) mass is 242 g/mol. The van der Waals surface area contributed by atoms with Gasteiger partial charge >= 0.3 is 0 Å². The lowest BCUT2D eigenvalue weighted by molar-refractivity contribution is 0.321. The molecule has 16 heavy (non-hydrogen) atoms. The summed E-state index contributed by atoms with van der Waals surface area (Å²) in [6, 6.07) is 2.44. The van der Waals surface area contributed by atoms with Gasteiger partial charge in [-0.3, -0.25) is 0 Å². The van der Waals surface area contributed by atoms with Gasteiger partial charge in [-0.2, -0.15) is 5.26 Å².